The van der Waals surface area contributed by atoms with Crippen molar-refractivity contribution < 1.29 is 14.7 Å². The van der Waals surface area contributed by atoms with Crippen LogP contribution in [-0.2, 0) is 0 Å². The maximum atomic E-state index is 13.0. The smallest absolute Gasteiger partial charge is 0.357 e. The van der Waals surface area contributed by atoms with Crippen LogP contribution in [0, 0.1) is 0 Å². The quantitative estimate of drug-likeness (QED) is 0.573. The van der Waals surface area contributed by atoms with Crippen LogP contribution >= 0.6 is 0 Å². The highest BCUT2D eigenvalue weighted by Crippen LogP contribution is 2.27. The normalized spacial score (nSPS) is 16.9. The van der Waals surface area contributed by atoms with Crippen LogP contribution in [0.15, 0.2) is 48.7 Å². The molecule has 2 N–H and O–H groups in total. The van der Waals surface area contributed by atoms with E-state index in [1.165, 1.54) is 0 Å². The minimum atomic E-state index is -1.12. The van der Waals surface area contributed by atoms with Crippen molar-refractivity contribution in [1.29, 1.82) is 0 Å². The summed E-state index contributed by atoms with van der Waals surface area (Å²) in [6.45, 7) is 1.20. The van der Waals surface area contributed by atoms with E-state index < -0.39 is 5.97 Å². The number of aromatic nitrogens is 4. The molecule has 0 radical (unpaired) electrons. The number of carbonyl (C=O) groups excluding carboxylic acids is 1. The van der Waals surface area contributed by atoms with Crippen LogP contribution in [-0.4, -0.2) is 55.0 Å². The number of likely N-dealkylation sites (tertiary alicyclic amines) is 1. The molecule has 0 bridgehead atoms. The first-order valence-electron chi connectivity index (χ1n) is 9.05. The molecule has 1 fully saturated rings. The molecule has 4 aromatic rings. The van der Waals surface area contributed by atoms with Gasteiger partial charge < -0.3 is 10.0 Å². The third-order valence-corrected chi connectivity index (χ3v) is 5.31. The monoisotopic (exact) mass is 375 g/mol. The molecule has 3 heterocycles. The van der Waals surface area contributed by atoms with Gasteiger partial charge in [0.05, 0.1) is 23.3 Å². The Balaban J connectivity index is 1.41. The van der Waals surface area contributed by atoms with Gasteiger partial charge in [0.2, 0.25) is 0 Å². The first kappa shape index (κ1) is 16.5. The van der Waals surface area contributed by atoms with E-state index in [9.17, 15) is 14.7 Å². The van der Waals surface area contributed by atoms with Gasteiger partial charge in [0.15, 0.2) is 5.69 Å². The average Bonchev–Trinajstić information content (AvgIpc) is 3.43. The van der Waals surface area contributed by atoms with E-state index in [1.54, 1.807) is 23.1 Å². The van der Waals surface area contributed by atoms with Crippen molar-refractivity contribution >= 4 is 33.7 Å². The Kier molecular flexibility index (Phi) is 3.65. The number of carboxylic acids is 1. The van der Waals surface area contributed by atoms with Crippen LogP contribution in [0.2, 0.25) is 0 Å². The Bertz CT molecular complexity index is 1230. The van der Waals surface area contributed by atoms with Crippen LogP contribution in [0.25, 0.3) is 21.8 Å². The van der Waals surface area contributed by atoms with Crippen molar-refractivity contribution in [3.05, 3.63) is 59.9 Å². The molecular formula is C20H17N5O3. The molecular weight excluding hydrogens is 358 g/mol. The number of aromatic amines is 1. The van der Waals surface area contributed by atoms with Crippen LogP contribution in [0.4, 0.5) is 0 Å². The van der Waals surface area contributed by atoms with Gasteiger partial charge in [-0.05, 0) is 30.7 Å². The van der Waals surface area contributed by atoms with E-state index >= 15 is 0 Å². The van der Waals surface area contributed by atoms with Crippen LogP contribution in [0.1, 0.15) is 33.3 Å². The summed E-state index contributed by atoms with van der Waals surface area (Å²) in [5, 5.41) is 21.8. The largest absolute Gasteiger partial charge is 0.476 e. The van der Waals surface area contributed by atoms with Crippen LogP contribution < -0.4 is 0 Å². The number of carbonyl (C=O) groups is 2. The maximum absolute atomic E-state index is 13.0. The van der Waals surface area contributed by atoms with Gasteiger partial charge in [-0.25, -0.2) is 4.79 Å². The molecule has 5 rings (SSSR count). The number of H-pyrrole nitrogens is 1. The van der Waals surface area contributed by atoms with Crippen molar-refractivity contribution in [1.82, 2.24) is 24.9 Å². The number of benzene rings is 2. The molecule has 1 atom stereocenters. The number of nitrogens with one attached hydrogen (secondary N) is 1. The zero-order valence-corrected chi connectivity index (χ0v) is 14.9. The van der Waals surface area contributed by atoms with E-state index in [4.69, 9.17) is 0 Å². The molecule has 8 heteroatoms. The molecule has 2 aromatic carbocycles. The van der Waals surface area contributed by atoms with E-state index in [0.717, 1.165) is 17.3 Å². The molecule has 1 amide bonds. The zero-order chi connectivity index (χ0) is 19.3. The zero-order valence-electron chi connectivity index (χ0n) is 14.9. The SMILES string of the molecule is O=C(O)c1n[nH]c2ccc(C(=O)N3CCC(n4ncc5ccccc54)C3)cc12. The molecule has 1 aliphatic heterocycles. The fourth-order valence-corrected chi connectivity index (χ4v) is 3.90. The molecule has 1 aliphatic rings. The number of fused-ring (bicyclic) bond motifs is 2. The van der Waals surface area contributed by atoms with Crippen molar-refractivity contribution in [2.45, 2.75) is 12.5 Å². The molecule has 140 valence electrons. The Morgan fingerprint density at radius 1 is 1.18 bits per heavy atom. The molecule has 0 spiro atoms. The van der Waals surface area contributed by atoms with Crippen molar-refractivity contribution in [2.75, 3.05) is 13.1 Å². The number of amides is 1. The second-order valence-corrected chi connectivity index (χ2v) is 6.98. The predicted molar refractivity (Wildman–Crippen MR) is 102 cm³/mol. The molecule has 28 heavy (non-hydrogen) atoms. The average molecular weight is 375 g/mol. The molecule has 8 nitrogen and oxygen atoms in total. The van der Waals surface area contributed by atoms with E-state index in [2.05, 4.69) is 15.3 Å². The first-order chi connectivity index (χ1) is 13.6. The summed E-state index contributed by atoms with van der Waals surface area (Å²) in [6.07, 6.45) is 2.67. The van der Waals surface area contributed by atoms with Crippen LogP contribution in [0.5, 0.6) is 0 Å². The molecule has 1 saturated heterocycles. The summed E-state index contributed by atoms with van der Waals surface area (Å²) in [6, 6.07) is 13.1. The number of carboxylic acid groups (broad SMARTS) is 1. The topological polar surface area (TPSA) is 104 Å². The van der Waals surface area contributed by atoms with Gasteiger partial charge >= 0.3 is 5.97 Å². The number of aromatic carboxylic acids is 1. The summed E-state index contributed by atoms with van der Waals surface area (Å²) in [5.74, 6) is -1.24. The standard InChI is InChI=1S/C20H17N5O3/c26-19(12-5-6-16-15(9-12)18(20(27)28)23-22-16)24-8-7-14(11-24)25-17-4-2-1-3-13(17)10-21-25/h1-6,9-10,14H,7-8,11H2,(H,22,23)(H,27,28). The fraction of sp³-hybridized carbons (Fsp3) is 0.200. The van der Waals surface area contributed by atoms with Crippen molar-refractivity contribution in [2.24, 2.45) is 0 Å². The third kappa shape index (κ3) is 2.53. The Labute approximate surface area is 159 Å². The predicted octanol–water partition coefficient (Wildman–Crippen LogP) is 2.70. The van der Waals surface area contributed by atoms with E-state index in [-0.39, 0.29) is 17.6 Å². The number of hydrogen-bond donors (Lipinski definition) is 2. The lowest BCUT2D eigenvalue weighted by atomic mass is 10.1. The van der Waals surface area contributed by atoms with Gasteiger partial charge in [0.1, 0.15) is 0 Å². The van der Waals surface area contributed by atoms with Gasteiger partial charge in [-0.15, -0.1) is 0 Å². The van der Waals surface area contributed by atoms with E-state index in [0.29, 0.717) is 29.6 Å². The fourth-order valence-electron chi connectivity index (χ4n) is 3.90. The summed E-state index contributed by atoms with van der Waals surface area (Å²) in [7, 11) is 0. The van der Waals surface area contributed by atoms with Gasteiger partial charge in [-0.1, -0.05) is 18.2 Å². The van der Waals surface area contributed by atoms with Gasteiger partial charge in [-0.3, -0.25) is 14.6 Å². The van der Waals surface area contributed by atoms with E-state index in [1.807, 2.05) is 35.1 Å². The third-order valence-electron chi connectivity index (χ3n) is 5.31. The maximum Gasteiger partial charge on any atom is 0.357 e. The molecule has 1 unspecified atom stereocenters. The van der Waals surface area contributed by atoms with Gasteiger partial charge in [-0.2, -0.15) is 10.2 Å². The van der Waals surface area contributed by atoms with Crippen molar-refractivity contribution in [3.63, 3.8) is 0 Å². The Morgan fingerprint density at radius 3 is 2.89 bits per heavy atom. The lowest BCUT2D eigenvalue weighted by Gasteiger charge is -2.17. The Hall–Kier alpha value is -3.68. The molecule has 0 aliphatic carbocycles. The number of hydrogen-bond acceptors (Lipinski definition) is 4. The minimum absolute atomic E-state index is 0.0769. The molecule has 2 aromatic heterocycles. The summed E-state index contributed by atoms with van der Waals surface area (Å²) >= 11 is 0. The highest BCUT2D eigenvalue weighted by atomic mass is 16.4. The first-order valence-corrected chi connectivity index (χ1v) is 9.05. The van der Waals surface area contributed by atoms with Crippen LogP contribution in [0.3, 0.4) is 0 Å². The summed E-state index contributed by atoms with van der Waals surface area (Å²) < 4.78 is 1.99. The number of para-hydroxylation sites is 1. The molecule has 0 saturated carbocycles. The lowest BCUT2D eigenvalue weighted by molar-refractivity contribution is 0.0691. The summed E-state index contributed by atoms with van der Waals surface area (Å²) in [4.78, 5) is 26.1. The number of nitrogens with zero attached hydrogens (tertiary/aromatic N) is 4. The number of rotatable bonds is 3. The Morgan fingerprint density at radius 2 is 2.04 bits per heavy atom. The van der Waals surface area contributed by atoms with Gasteiger partial charge in [0.25, 0.3) is 5.91 Å². The van der Waals surface area contributed by atoms with Gasteiger partial charge in [0, 0.05) is 29.4 Å². The second kappa shape index (κ2) is 6.19. The summed E-state index contributed by atoms with van der Waals surface area (Å²) in [5.41, 5.74) is 2.04. The minimum Gasteiger partial charge on any atom is -0.476 e. The van der Waals surface area contributed by atoms with Crippen molar-refractivity contribution in [3.8, 4) is 0 Å². The highest BCUT2D eigenvalue weighted by Gasteiger charge is 2.29. The second-order valence-electron chi connectivity index (χ2n) is 6.98. The highest BCUT2D eigenvalue weighted by molar-refractivity contribution is 6.04. The lowest BCUT2D eigenvalue weighted by Crippen LogP contribution is -2.29.